The van der Waals surface area contributed by atoms with Gasteiger partial charge in [0.1, 0.15) is 0 Å². The SMILES string of the molecule is CCC(CC)N1C(=O)C(C)(CC(=O)NC(C)C)CCC1c1ccc(Cl)cc1.Clc1ccccc1. The van der Waals surface area contributed by atoms with Gasteiger partial charge < -0.3 is 10.2 Å². The highest BCUT2D eigenvalue weighted by Gasteiger charge is 2.47. The lowest BCUT2D eigenvalue weighted by atomic mass is 9.73. The summed E-state index contributed by atoms with van der Waals surface area (Å²) in [6.45, 7) is 10.1. The molecule has 1 saturated heterocycles. The van der Waals surface area contributed by atoms with E-state index in [1.54, 1.807) is 0 Å². The summed E-state index contributed by atoms with van der Waals surface area (Å²) in [6.07, 6.45) is 3.62. The summed E-state index contributed by atoms with van der Waals surface area (Å²) < 4.78 is 0. The zero-order chi connectivity index (χ0) is 25.3. The zero-order valence-electron chi connectivity index (χ0n) is 21.0. The fraction of sp³-hybridized carbons (Fsp3) is 0.500. The highest BCUT2D eigenvalue weighted by Crippen LogP contribution is 2.44. The second-order valence-corrected chi connectivity index (χ2v) is 10.4. The lowest BCUT2D eigenvalue weighted by Gasteiger charge is -2.48. The van der Waals surface area contributed by atoms with Crippen molar-refractivity contribution in [2.75, 3.05) is 0 Å². The van der Waals surface area contributed by atoms with Crippen molar-refractivity contribution in [3.05, 3.63) is 70.2 Å². The van der Waals surface area contributed by atoms with Gasteiger partial charge in [-0.2, -0.15) is 0 Å². The van der Waals surface area contributed by atoms with Gasteiger partial charge in [0.25, 0.3) is 0 Å². The molecule has 2 atom stereocenters. The van der Waals surface area contributed by atoms with Gasteiger partial charge in [0.05, 0.1) is 11.5 Å². The lowest BCUT2D eigenvalue weighted by molar-refractivity contribution is -0.156. The van der Waals surface area contributed by atoms with Crippen molar-refractivity contribution in [1.29, 1.82) is 0 Å². The van der Waals surface area contributed by atoms with Gasteiger partial charge >= 0.3 is 0 Å². The van der Waals surface area contributed by atoms with Crippen molar-refractivity contribution in [2.45, 2.75) is 84.8 Å². The van der Waals surface area contributed by atoms with E-state index in [2.05, 4.69) is 24.1 Å². The summed E-state index contributed by atoms with van der Waals surface area (Å²) in [4.78, 5) is 28.0. The van der Waals surface area contributed by atoms with Gasteiger partial charge in [0, 0.05) is 28.5 Å². The second-order valence-electron chi connectivity index (χ2n) is 9.54. The van der Waals surface area contributed by atoms with Gasteiger partial charge in [-0.05, 0) is 69.4 Å². The summed E-state index contributed by atoms with van der Waals surface area (Å²) in [5.74, 6) is 0.0524. The first-order valence-corrected chi connectivity index (χ1v) is 12.9. The Balaban J connectivity index is 0.000000497. The molecule has 2 amide bonds. The smallest absolute Gasteiger partial charge is 0.229 e. The zero-order valence-corrected chi connectivity index (χ0v) is 22.5. The number of hydrogen-bond acceptors (Lipinski definition) is 2. The number of carbonyl (C=O) groups excluding carboxylic acids is 2. The van der Waals surface area contributed by atoms with E-state index in [0.717, 1.165) is 29.8 Å². The predicted molar refractivity (Wildman–Crippen MR) is 142 cm³/mol. The molecule has 3 rings (SSSR count). The maximum atomic E-state index is 13.6. The summed E-state index contributed by atoms with van der Waals surface area (Å²) in [5.41, 5.74) is 0.471. The van der Waals surface area contributed by atoms with Crippen LogP contribution in [0.1, 0.15) is 78.3 Å². The van der Waals surface area contributed by atoms with E-state index in [4.69, 9.17) is 23.2 Å². The Morgan fingerprint density at radius 2 is 1.59 bits per heavy atom. The third-order valence-electron chi connectivity index (χ3n) is 6.38. The molecule has 0 radical (unpaired) electrons. The number of amides is 2. The Hall–Kier alpha value is -2.04. The van der Waals surface area contributed by atoms with Gasteiger partial charge in [-0.3, -0.25) is 9.59 Å². The minimum atomic E-state index is -0.648. The maximum Gasteiger partial charge on any atom is 0.229 e. The molecule has 1 N–H and O–H groups in total. The van der Waals surface area contributed by atoms with Gasteiger partial charge in [0.15, 0.2) is 0 Å². The van der Waals surface area contributed by atoms with Gasteiger partial charge in [-0.1, -0.05) is 74.3 Å². The Kier molecular flexibility index (Phi) is 10.9. The molecular formula is C28H38Cl2N2O2. The molecule has 1 aliphatic rings. The molecule has 0 bridgehead atoms. The van der Waals surface area contributed by atoms with E-state index >= 15 is 0 Å². The van der Waals surface area contributed by atoms with E-state index in [-0.39, 0.29) is 36.4 Å². The van der Waals surface area contributed by atoms with Crippen LogP contribution in [-0.2, 0) is 9.59 Å². The molecule has 186 valence electrons. The van der Waals surface area contributed by atoms with Crippen LogP contribution in [0.5, 0.6) is 0 Å². The standard InChI is InChI=1S/C22H33ClN2O2.C6H5Cl/c1-6-18(7-2)25-19(16-8-10-17(23)11-9-16)12-13-22(5,21(25)27)14-20(26)24-15(3)4;7-6-4-2-1-3-5-6/h8-11,15,18-19H,6-7,12-14H2,1-5H3,(H,24,26);1-5H. The van der Waals surface area contributed by atoms with Crippen LogP contribution in [0.15, 0.2) is 54.6 Å². The Labute approximate surface area is 215 Å². The fourth-order valence-electron chi connectivity index (χ4n) is 4.58. The van der Waals surface area contributed by atoms with E-state index in [0.29, 0.717) is 11.4 Å². The maximum absolute atomic E-state index is 13.6. The van der Waals surface area contributed by atoms with Crippen molar-refractivity contribution in [3.8, 4) is 0 Å². The van der Waals surface area contributed by atoms with Crippen LogP contribution in [0.2, 0.25) is 10.0 Å². The molecule has 4 nitrogen and oxygen atoms in total. The van der Waals surface area contributed by atoms with Crippen LogP contribution in [-0.4, -0.2) is 28.8 Å². The van der Waals surface area contributed by atoms with Crippen LogP contribution < -0.4 is 5.32 Å². The molecular weight excluding hydrogens is 467 g/mol. The first kappa shape index (κ1) is 28.2. The van der Waals surface area contributed by atoms with E-state index < -0.39 is 5.41 Å². The molecule has 0 spiro atoms. The summed E-state index contributed by atoms with van der Waals surface area (Å²) in [7, 11) is 0. The van der Waals surface area contributed by atoms with Crippen molar-refractivity contribution in [1.82, 2.24) is 10.2 Å². The monoisotopic (exact) mass is 504 g/mol. The minimum absolute atomic E-state index is 0.0425. The molecule has 0 saturated carbocycles. The Morgan fingerprint density at radius 3 is 2.06 bits per heavy atom. The number of nitrogens with one attached hydrogen (secondary N) is 1. The number of benzene rings is 2. The quantitative estimate of drug-likeness (QED) is 0.425. The molecule has 1 aliphatic heterocycles. The molecule has 0 aromatic heterocycles. The summed E-state index contributed by atoms with van der Waals surface area (Å²) in [5, 5.41) is 4.43. The van der Waals surface area contributed by atoms with Gasteiger partial charge in [-0.25, -0.2) is 0 Å². The van der Waals surface area contributed by atoms with Crippen LogP contribution in [0.4, 0.5) is 0 Å². The third-order valence-corrected chi connectivity index (χ3v) is 6.88. The molecule has 1 heterocycles. The Bertz CT molecular complexity index is 914. The first-order chi connectivity index (χ1) is 16.1. The molecule has 2 unspecified atom stereocenters. The largest absolute Gasteiger partial charge is 0.354 e. The number of piperidine rings is 1. The van der Waals surface area contributed by atoms with Crippen LogP contribution in [0.25, 0.3) is 0 Å². The number of likely N-dealkylation sites (tertiary alicyclic amines) is 1. The minimum Gasteiger partial charge on any atom is -0.354 e. The summed E-state index contributed by atoms with van der Waals surface area (Å²) >= 11 is 11.6. The van der Waals surface area contributed by atoms with Crippen LogP contribution >= 0.6 is 23.2 Å². The number of halogens is 2. The van der Waals surface area contributed by atoms with E-state index in [1.807, 2.05) is 75.4 Å². The van der Waals surface area contributed by atoms with Crippen molar-refractivity contribution < 1.29 is 9.59 Å². The average molecular weight is 506 g/mol. The van der Waals surface area contributed by atoms with E-state index in [9.17, 15) is 9.59 Å². The Morgan fingerprint density at radius 1 is 1.03 bits per heavy atom. The topological polar surface area (TPSA) is 49.4 Å². The normalized spacial score (nSPS) is 20.2. The molecule has 2 aromatic carbocycles. The first-order valence-electron chi connectivity index (χ1n) is 12.2. The van der Waals surface area contributed by atoms with Gasteiger partial charge in [-0.15, -0.1) is 0 Å². The molecule has 34 heavy (non-hydrogen) atoms. The second kappa shape index (κ2) is 13.2. The molecule has 0 aliphatic carbocycles. The predicted octanol–water partition coefficient (Wildman–Crippen LogP) is 7.45. The number of carbonyl (C=O) groups is 2. The highest BCUT2D eigenvalue weighted by atomic mass is 35.5. The van der Waals surface area contributed by atoms with Crippen LogP contribution in [0.3, 0.4) is 0 Å². The average Bonchev–Trinajstić information content (AvgIpc) is 2.79. The molecule has 1 fully saturated rings. The third kappa shape index (κ3) is 7.74. The number of hydrogen-bond donors (Lipinski definition) is 1. The number of rotatable bonds is 7. The van der Waals surface area contributed by atoms with Crippen molar-refractivity contribution >= 4 is 35.0 Å². The fourth-order valence-corrected chi connectivity index (χ4v) is 4.85. The lowest BCUT2D eigenvalue weighted by Crippen LogP contribution is -2.54. The van der Waals surface area contributed by atoms with Gasteiger partial charge in [0.2, 0.25) is 11.8 Å². The highest BCUT2D eigenvalue weighted by molar-refractivity contribution is 6.30. The van der Waals surface area contributed by atoms with Crippen molar-refractivity contribution in [3.63, 3.8) is 0 Å². The van der Waals surface area contributed by atoms with Crippen molar-refractivity contribution in [2.24, 2.45) is 5.41 Å². The van der Waals surface area contributed by atoms with Crippen LogP contribution in [0, 0.1) is 5.41 Å². The summed E-state index contributed by atoms with van der Waals surface area (Å²) in [6, 6.07) is 17.5. The van der Waals surface area contributed by atoms with E-state index in [1.165, 1.54) is 0 Å². The molecule has 6 heteroatoms. The molecule has 2 aromatic rings. The number of nitrogens with zero attached hydrogens (tertiary/aromatic N) is 1.